The molecule has 0 aromatic heterocycles. The van der Waals surface area contributed by atoms with Crippen LogP contribution in [0.4, 0.5) is 9.59 Å². The third-order valence-corrected chi connectivity index (χ3v) is 2.99. The monoisotopic (exact) mass is 346 g/mol. The zero-order valence-electron chi connectivity index (χ0n) is 15.8. The molecule has 0 spiro atoms. The van der Waals surface area contributed by atoms with Gasteiger partial charge in [0.15, 0.2) is 0 Å². The fourth-order valence-electron chi connectivity index (χ4n) is 1.80. The number of rotatable bonds is 5. The van der Waals surface area contributed by atoms with Crippen LogP contribution in [0.15, 0.2) is 0 Å². The molecule has 8 nitrogen and oxygen atoms in total. The van der Waals surface area contributed by atoms with Crippen molar-refractivity contribution in [2.24, 2.45) is 0 Å². The number of carboxylic acid groups (broad SMARTS) is 1. The van der Waals surface area contributed by atoms with Crippen LogP contribution in [-0.2, 0) is 14.3 Å². The lowest BCUT2D eigenvalue weighted by atomic mass is 9.89. The highest BCUT2D eigenvalue weighted by Crippen LogP contribution is 2.18. The molecule has 0 radical (unpaired) electrons. The molecule has 0 saturated carbocycles. The first-order valence-corrected chi connectivity index (χ1v) is 7.76. The van der Waals surface area contributed by atoms with Gasteiger partial charge in [-0.25, -0.2) is 9.59 Å². The van der Waals surface area contributed by atoms with Crippen LogP contribution in [0.2, 0.25) is 0 Å². The average Bonchev–Trinajstić information content (AvgIpc) is 2.20. The summed E-state index contributed by atoms with van der Waals surface area (Å²) in [5.74, 6) is -1.12. The number of carbonyl (C=O) groups is 3. The minimum atomic E-state index is -1.26. The summed E-state index contributed by atoms with van der Waals surface area (Å²) in [5, 5.41) is 14.2. The highest BCUT2D eigenvalue weighted by molar-refractivity contribution is 5.74. The number of ether oxygens (including phenoxy) is 2. The summed E-state index contributed by atoms with van der Waals surface area (Å²) in [7, 11) is 0. The highest BCUT2D eigenvalue weighted by atomic mass is 16.6. The van der Waals surface area contributed by atoms with Crippen molar-refractivity contribution < 1.29 is 29.0 Å². The number of alkyl carbamates (subject to hydrolysis) is 2. The molecule has 140 valence electrons. The van der Waals surface area contributed by atoms with Crippen molar-refractivity contribution in [2.75, 3.05) is 0 Å². The zero-order valence-corrected chi connectivity index (χ0v) is 15.8. The Bertz CT molecular complexity index is 478. The molecule has 0 fully saturated rings. The molecule has 2 amide bonds. The number of carbonyl (C=O) groups excluding carboxylic acids is 2. The predicted molar refractivity (Wildman–Crippen MR) is 88.9 cm³/mol. The maximum Gasteiger partial charge on any atom is 0.408 e. The van der Waals surface area contributed by atoms with Crippen LogP contribution < -0.4 is 10.6 Å². The van der Waals surface area contributed by atoms with Gasteiger partial charge in [-0.3, -0.25) is 4.79 Å². The van der Waals surface area contributed by atoms with E-state index in [4.69, 9.17) is 14.6 Å². The van der Waals surface area contributed by atoms with E-state index in [0.717, 1.165) is 0 Å². The molecule has 2 unspecified atom stereocenters. The number of amides is 2. The first-order chi connectivity index (χ1) is 10.5. The predicted octanol–water partition coefficient (Wildman–Crippen LogP) is 2.66. The summed E-state index contributed by atoms with van der Waals surface area (Å²) in [4.78, 5) is 35.1. The van der Waals surface area contributed by atoms with Gasteiger partial charge in [0.05, 0.1) is 18.0 Å². The first kappa shape index (κ1) is 22.0. The van der Waals surface area contributed by atoms with Gasteiger partial charge in [0.1, 0.15) is 11.2 Å². The lowest BCUT2D eigenvalue weighted by Gasteiger charge is -2.36. The van der Waals surface area contributed by atoms with Crippen molar-refractivity contribution in [3.05, 3.63) is 0 Å². The largest absolute Gasteiger partial charge is 0.481 e. The molecule has 3 N–H and O–H groups in total. The highest BCUT2D eigenvalue weighted by Gasteiger charge is 2.38. The molecule has 0 aliphatic carbocycles. The van der Waals surface area contributed by atoms with E-state index in [1.54, 1.807) is 48.5 Å². The molecule has 0 heterocycles. The summed E-state index contributed by atoms with van der Waals surface area (Å²) in [6.07, 6.45) is -1.86. The van der Waals surface area contributed by atoms with E-state index in [1.807, 2.05) is 0 Å². The first-order valence-electron chi connectivity index (χ1n) is 7.76. The fraction of sp³-hybridized carbons (Fsp3) is 0.812. The van der Waals surface area contributed by atoms with E-state index in [9.17, 15) is 14.4 Å². The molecule has 0 aromatic carbocycles. The normalized spacial score (nSPS) is 15.7. The molecule has 0 bridgehead atoms. The second-order valence-corrected chi connectivity index (χ2v) is 7.98. The van der Waals surface area contributed by atoms with Gasteiger partial charge in [-0.1, -0.05) is 0 Å². The fourth-order valence-corrected chi connectivity index (χ4v) is 1.80. The Labute approximate surface area is 143 Å². The van der Waals surface area contributed by atoms with E-state index in [0.29, 0.717) is 0 Å². The maximum absolute atomic E-state index is 12.0. The standard InChI is InChI=1S/C16H30N2O6/c1-10(17-12(21)23-14(2,3)4)16(8,9-11(19)20)18-13(22)24-15(5,6)7/h10H,9H2,1-8H3,(H,17,21)(H,18,22)(H,19,20). The lowest BCUT2D eigenvalue weighted by Crippen LogP contribution is -2.61. The van der Waals surface area contributed by atoms with E-state index in [-0.39, 0.29) is 0 Å². The SMILES string of the molecule is CC(NC(=O)OC(C)(C)C)C(C)(CC(=O)O)NC(=O)OC(C)(C)C. The summed E-state index contributed by atoms with van der Waals surface area (Å²) >= 11 is 0. The third-order valence-electron chi connectivity index (χ3n) is 2.99. The Morgan fingerprint density at radius 1 is 0.917 bits per heavy atom. The Morgan fingerprint density at radius 2 is 1.33 bits per heavy atom. The Morgan fingerprint density at radius 3 is 1.71 bits per heavy atom. The second-order valence-electron chi connectivity index (χ2n) is 7.98. The smallest absolute Gasteiger partial charge is 0.408 e. The zero-order chi connectivity index (χ0) is 19.3. The van der Waals surface area contributed by atoms with Gasteiger partial charge < -0.3 is 25.2 Å². The van der Waals surface area contributed by atoms with E-state index in [1.165, 1.54) is 6.92 Å². The molecule has 24 heavy (non-hydrogen) atoms. The van der Waals surface area contributed by atoms with Crippen LogP contribution in [0.1, 0.15) is 61.8 Å². The third kappa shape index (κ3) is 9.22. The van der Waals surface area contributed by atoms with Gasteiger partial charge in [0.2, 0.25) is 0 Å². The molecule has 8 heteroatoms. The molecule has 2 atom stereocenters. The quantitative estimate of drug-likeness (QED) is 0.705. The van der Waals surface area contributed by atoms with Gasteiger partial charge >= 0.3 is 18.2 Å². The van der Waals surface area contributed by atoms with Crippen LogP contribution in [-0.4, -0.2) is 46.0 Å². The van der Waals surface area contributed by atoms with Gasteiger partial charge in [0, 0.05) is 0 Å². The van der Waals surface area contributed by atoms with Crippen LogP contribution in [0.25, 0.3) is 0 Å². The van der Waals surface area contributed by atoms with Crippen LogP contribution in [0, 0.1) is 0 Å². The van der Waals surface area contributed by atoms with Gasteiger partial charge in [-0.15, -0.1) is 0 Å². The summed E-state index contributed by atoms with van der Waals surface area (Å²) in [5.41, 5.74) is -2.67. The van der Waals surface area contributed by atoms with Gasteiger partial charge in [-0.05, 0) is 55.4 Å². The number of carboxylic acids is 1. The minimum Gasteiger partial charge on any atom is -0.481 e. The van der Waals surface area contributed by atoms with Crippen molar-refractivity contribution in [1.29, 1.82) is 0 Å². The summed E-state index contributed by atoms with van der Waals surface area (Å²) in [6.45, 7) is 13.3. The number of nitrogens with one attached hydrogen (secondary N) is 2. The second kappa shape index (κ2) is 7.72. The van der Waals surface area contributed by atoms with Crippen molar-refractivity contribution in [3.63, 3.8) is 0 Å². The van der Waals surface area contributed by atoms with Crippen molar-refractivity contribution in [3.8, 4) is 0 Å². The molecule has 0 aliphatic heterocycles. The molecular weight excluding hydrogens is 316 g/mol. The Hall–Kier alpha value is -1.99. The van der Waals surface area contributed by atoms with Crippen LogP contribution >= 0.6 is 0 Å². The maximum atomic E-state index is 12.0. The molecule has 0 saturated heterocycles. The van der Waals surface area contributed by atoms with Gasteiger partial charge in [-0.2, -0.15) is 0 Å². The molecule has 0 aromatic rings. The van der Waals surface area contributed by atoms with Crippen LogP contribution in [0.3, 0.4) is 0 Å². The summed E-state index contributed by atoms with van der Waals surface area (Å²) < 4.78 is 10.3. The van der Waals surface area contributed by atoms with Crippen molar-refractivity contribution in [1.82, 2.24) is 10.6 Å². The number of hydrogen-bond acceptors (Lipinski definition) is 5. The van der Waals surface area contributed by atoms with Gasteiger partial charge in [0.25, 0.3) is 0 Å². The lowest BCUT2D eigenvalue weighted by molar-refractivity contribution is -0.138. The summed E-state index contributed by atoms with van der Waals surface area (Å²) in [6, 6.07) is -0.712. The van der Waals surface area contributed by atoms with E-state index in [2.05, 4.69) is 10.6 Å². The Kier molecular flexibility index (Phi) is 7.08. The van der Waals surface area contributed by atoms with E-state index >= 15 is 0 Å². The molecule has 0 aliphatic rings. The average molecular weight is 346 g/mol. The van der Waals surface area contributed by atoms with E-state index < -0.39 is 47.4 Å². The van der Waals surface area contributed by atoms with Crippen molar-refractivity contribution >= 4 is 18.2 Å². The van der Waals surface area contributed by atoms with Crippen molar-refractivity contribution in [2.45, 2.75) is 84.6 Å². The number of aliphatic carboxylic acids is 1. The number of hydrogen-bond donors (Lipinski definition) is 3. The Balaban J connectivity index is 5.11. The van der Waals surface area contributed by atoms with Crippen LogP contribution in [0.5, 0.6) is 0 Å². The molecule has 0 rings (SSSR count). The minimum absolute atomic E-state index is 0.400. The topological polar surface area (TPSA) is 114 Å². The molecular formula is C16H30N2O6.